The summed E-state index contributed by atoms with van der Waals surface area (Å²) in [5.41, 5.74) is 2.10. The molecule has 0 aromatic heterocycles. The largest absolute Gasteiger partial charge is 0.276 e. The van der Waals surface area contributed by atoms with E-state index in [1.54, 1.807) is 12.1 Å². The van der Waals surface area contributed by atoms with Crippen LogP contribution in [0.5, 0.6) is 0 Å². The topological polar surface area (TPSA) is 58.5 Å². The molecule has 5 heteroatoms. The minimum atomic E-state index is -3.58. The number of nitrogens with one attached hydrogen (secondary N) is 1. The van der Waals surface area contributed by atoms with Crippen LogP contribution in [-0.4, -0.2) is 14.1 Å². The van der Waals surface area contributed by atoms with E-state index in [-0.39, 0.29) is 4.90 Å². The lowest BCUT2D eigenvalue weighted by atomic mass is 9.86. The molecule has 2 saturated carbocycles. The minimum absolute atomic E-state index is 0.277. The summed E-state index contributed by atoms with van der Waals surface area (Å²) in [4.78, 5) is 2.71. The van der Waals surface area contributed by atoms with Gasteiger partial charge in [-0.2, -0.15) is 13.5 Å². The molecule has 0 radical (unpaired) electrons. The third-order valence-corrected chi connectivity index (χ3v) is 7.21. The normalized spacial score (nSPS) is 28.1. The summed E-state index contributed by atoms with van der Waals surface area (Å²) in [7, 11) is -3.58. The maximum Gasteiger partial charge on any atom is 0.276 e. The quantitative estimate of drug-likeness (QED) is 0.616. The molecule has 2 fully saturated rings. The van der Waals surface area contributed by atoms with E-state index in [0.29, 0.717) is 17.8 Å². The van der Waals surface area contributed by atoms with Crippen molar-refractivity contribution in [2.75, 3.05) is 0 Å². The summed E-state index contributed by atoms with van der Waals surface area (Å²) in [6.07, 6.45) is 6.11. The highest BCUT2D eigenvalue weighted by atomic mass is 32.2. The maximum atomic E-state index is 12.4. The van der Waals surface area contributed by atoms with Crippen molar-refractivity contribution in [1.29, 1.82) is 0 Å². The van der Waals surface area contributed by atoms with Gasteiger partial charge in [-0.05, 0) is 68.1 Å². The van der Waals surface area contributed by atoms with Crippen molar-refractivity contribution >= 4 is 15.7 Å². The third-order valence-electron chi connectivity index (χ3n) is 5.99. The molecular weight excluding hydrogens is 320 g/mol. The number of benzene rings is 1. The summed E-state index contributed by atoms with van der Waals surface area (Å²) in [5.74, 6) is 2.43. The lowest BCUT2D eigenvalue weighted by Gasteiger charge is -2.21. The van der Waals surface area contributed by atoms with E-state index in [9.17, 15) is 8.42 Å². The van der Waals surface area contributed by atoms with Gasteiger partial charge in [0.15, 0.2) is 0 Å². The molecule has 1 aromatic rings. The maximum absolute atomic E-state index is 12.4. The molecule has 4 atom stereocenters. The minimum Gasteiger partial charge on any atom is -0.200 e. The molecule has 0 saturated heterocycles. The fourth-order valence-corrected chi connectivity index (χ4v) is 5.10. The van der Waals surface area contributed by atoms with Crippen LogP contribution in [0.15, 0.2) is 34.3 Å². The highest BCUT2D eigenvalue weighted by Gasteiger charge is 2.40. The molecule has 24 heavy (non-hydrogen) atoms. The van der Waals surface area contributed by atoms with E-state index in [2.05, 4.69) is 23.8 Å². The van der Waals surface area contributed by atoms with Crippen LogP contribution < -0.4 is 4.83 Å². The Morgan fingerprint density at radius 2 is 1.96 bits per heavy atom. The zero-order chi connectivity index (χ0) is 17.3. The first-order chi connectivity index (χ1) is 11.4. The molecule has 2 aliphatic rings. The molecule has 0 amide bonds. The van der Waals surface area contributed by atoms with Crippen LogP contribution in [0.2, 0.25) is 0 Å². The first-order valence-corrected chi connectivity index (χ1v) is 10.5. The Balaban J connectivity index is 1.68. The van der Waals surface area contributed by atoms with Crippen molar-refractivity contribution in [2.24, 2.45) is 22.9 Å². The molecule has 2 aliphatic carbocycles. The number of hydrogen-bond acceptors (Lipinski definition) is 3. The molecule has 1 aromatic carbocycles. The molecule has 1 N–H and O–H groups in total. The summed E-state index contributed by atoms with van der Waals surface area (Å²) < 4.78 is 24.9. The van der Waals surface area contributed by atoms with E-state index in [1.807, 2.05) is 19.1 Å². The van der Waals surface area contributed by atoms with Crippen LogP contribution in [-0.2, 0) is 10.0 Å². The monoisotopic (exact) mass is 348 g/mol. The smallest absolute Gasteiger partial charge is 0.200 e. The molecule has 132 valence electrons. The Hall–Kier alpha value is -1.36. The van der Waals surface area contributed by atoms with Crippen molar-refractivity contribution in [3.63, 3.8) is 0 Å². The van der Waals surface area contributed by atoms with Crippen LogP contribution >= 0.6 is 0 Å². The number of rotatable bonds is 6. The second kappa shape index (κ2) is 6.87. The Morgan fingerprint density at radius 1 is 1.25 bits per heavy atom. The zero-order valence-electron chi connectivity index (χ0n) is 14.8. The van der Waals surface area contributed by atoms with Gasteiger partial charge in [-0.25, -0.2) is 4.83 Å². The fourth-order valence-electron chi connectivity index (χ4n) is 4.24. The summed E-state index contributed by atoms with van der Waals surface area (Å²) in [5, 5.41) is 4.23. The molecule has 0 spiro atoms. The van der Waals surface area contributed by atoms with Crippen LogP contribution in [0, 0.1) is 17.8 Å². The van der Waals surface area contributed by atoms with E-state index in [1.165, 1.54) is 25.7 Å². The average Bonchev–Trinajstić information content (AvgIpc) is 3.22. The first-order valence-electron chi connectivity index (χ1n) is 9.06. The van der Waals surface area contributed by atoms with E-state index >= 15 is 0 Å². The van der Waals surface area contributed by atoms with Crippen LogP contribution in [0.3, 0.4) is 0 Å². The van der Waals surface area contributed by atoms with Crippen LogP contribution in [0.1, 0.15) is 64.4 Å². The van der Waals surface area contributed by atoms with Gasteiger partial charge < -0.3 is 0 Å². The molecular formula is C19H28N2O2S. The van der Waals surface area contributed by atoms with Gasteiger partial charge in [-0.3, -0.25) is 0 Å². The summed E-state index contributed by atoms with van der Waals surface area (Å²) in [6.45, 7) is 6.23. The van der Waals surface area contributed by atoms with Gasteiger partial charge in [0.2, 0.25) is 0 Å². The van der Waals surface area contributed by atoms with Gasteiger partial charge in [-0.15, -0.1) is 0 Å². The molecule has 0 aliphatic heterocycles. The van der Waals surface area contributed by atoms with E-state index in [0.717, 1.165) is 23.6 Å². The van der Waals surface area contributed by atoms with Crippen LogP contribution in [0.25, 0.3) is 0 Å². The van der Waals surface area contributed by atoms with Gasteiger partial charge in [0.05, 0.1) is 4.90 Å². The summed E-state index contributed by atoms with van der Waals surface area (Å²) >= 11 is 0. The predicted molar refractivity (Wildman–Crippen MR) is 97.5 cm³/mol. The predicted octanol–water partition coefficient (Wildman–Crippen LogP) is 4.29. The number of hydrazone groups is 1. The molecule has 3 rings (SSSR count). The van der Waals surface area contributed by atoms with Crippen molar-refractivity contribution in [3.05, 3.63) is 29.8 Å². The van der Waals surface area contributed by atoms with Gasteiger partial charge >= 0.3 is 0 Å². The number of nitrogens with zero attached hydrogens (tertiary/aromatic N) is 1. The van der Waals surface area contributed by atoms with Crippen LogP contribution in [0.4, 0.5) is 0 Å². The average molecular weight is 349 g/mol. The molecule has 0 unspecified atom stereocenters. The van der Waals surface area contributed by atoms with Gasteiger partial charge in [0.25, 0.3) is 10.0 Å². The van der Waals surface area contributed by atoms with Crippen molar-refractivity contribution < 1.29 is 8.42 Å². The standard InChI is InChI=1S/C19H28N2O2S/c1-4-13(2)16-7-9-18(10-8-16)24(22,23)21-20-14(3)19-12-15-5-6-17(19)11-15/h7-10,13,15,17,19,21H,4-6,11-12H2,1-3H3/b20-14+/t13-,15-,17-,19-/m0/s1. The molecule has 0 heterocycles. The van der Waals surface area contributed by atoms with Gasteiger partial charge in [0, 0.05) is 11.6 Å². The van der Waals surface area contributed by atoms with E-state index < -0.39 is 10.0 Å². The zero-order valence-corrected chi connectivity index (χ0v) is 15.6. The number of fused-ring (bicyclic) bond motifs is 2. The second-order valence-electron chi connectivity index (χ2n) is 7.51. The van der Waals surface area contributed by atoms with E-state index in [4.69, 9.17) is 0 Å². The lowest BCUT2D eigenvalue weighted by Crippen LogP contribution is -2.24. The molecule has 2 bridgehead atoms. The number of sulfonamides is 1. The second-order valence-corrected chi connectivity index (χ2v) is 9.17. The first kappa shape index (κ1) is 17.5. The number of hydrogen-bond donors (Lipinski definition) is 1. The highest BCUT2D eigenvalue weighted by molar-refractivity contribution is 7.89. The molecule has 4 nitrogen and oxygen atoms in total. The Labute approximate surface area is 145 Å². The third kappa shape index (κ3) is 3.51. The summed E-state index contributed by atoms with van der Waals surface area (Å²) in [6, 6.07) is 7.14. The van der Waals surface area contributed by atoms with Gasteiger partial charge in [0.1, 0.15) is 0 Å². The Kier molecular flexibility index (Phi) is 5.00. The SMILES string of the molecule is CC[C@H](C)c1ccc(S(=O)(=O)N/N=C(\C)[C@@H]2C[C@H]3CC[C@H]2C3)cc1. The lowest BCUT2D eigenvalue weighted by molar-refractivity contribution is 0.413. The fraction of sp³-hybridized carbons (Fsp3) is 0.632. The van der Waals surface area contributed by atoms with Crippen molar-refractivity contribution in [3.8, 4) is 0 Å². The highest BCUT2D eigenvalue weighted by Crippen LogP contribution is 2.48. The Morgan fingerprint density at radius 3 is 2.50 bits per heavy atom. The Bertz CT molecular complexity index is 709. The van der Waals surface area contributed by atoms with Crippen molar-refractivity contribution in [2.45, 2.75) is 63.7 Å². The van der Waals surface area contributed by atoms with Gasteiger partial charge in [-0.1, -0.05) is 32.4 Å². The van der Waals surface area contributed by atoms with Crippen molar-refractivity contribution in [1.82, 2.24) is 4.83 Å².